The van der Waals surface area contributed by atoms with Crippen molar-refractivity contribution in [2.75, 3.05) is 18.2 Å². The Kier molecular flexibility index (Phi) is 6.98. The Hall–Kier alpha value is -1.65. The topological polar surface area (TPSA) is 37.3 Å². The lowest BCUT2D eigenvalue weighted by molar-refractivity contribution is 0.729. The van der Waals surface area contributed by atoms with Crippen LogP contribution >= 0.6 is 11.8 Å². The van der Waals surface area contributed by atoms with E-state index in [1.165, 1.54) is 29.3 Å². The number of nitrogens with one attached hydrogen (secondary N) is 1. The van der Waals surface area contributed by atoms with Crippen molar-refractivity contribution in [2.45, 2.75) is 12.5 Å². The van der Waals surface area contributed by atoms with E-state index in [1.807, 2.05) is 42.1 Å². The first kappa shape index (κ1) is 15.7. The number of rotatable bonds is 4. The van der Waals surface area contributed by atoms with Crippen LogP contribution in [-0.4, -0.2) is 29.9 Å². The molecular weight excluding hydrogens is 278 g/mol. The third-order valence-corrected chi connectivity index (χ3v) is 4.11. The van der Waals surface area contributed by atoms with Gasteiger partial charge in [-0.15, -0.1) is 11.8 Å². The van der Waals surface area contributed by atoms with Crippen molar-refractivity contribution in [3.63, 3.8) is 0 Å². The maximum absolute atomic E-state index is 4.18. The second-order valence-electron chi connectivity index (χ2n) is 4.72. The molecule has 3 rings (SSSR count). The first-order valence-electron chi connectivity index (χ1n) is 7.08. The molecule has 1 aromatic carbocycles. The standard InChI is InChI=1S/C14H14N2.C3H7NS/c1-15-14(13-5-3-2-4-6-13)11-12-7-9-16-10-8-12;1-2-5-3-4-1/h2-10,14H,1,11H2;4H,1-3H2. The average Bonchev–Trinajstić information content (AvgIpc) is 3.14. The van der Waals surface area contributed by atoms with Gasteiger partial charge in [-0.3, -0.25) is 9.98 Å². The Balaban J connectivity index is 0.000000272. The zero-order chi connectivity index (χ0) is 14.8. The molecule has 21 heavy (non-hydrogen) atoms. The number of aromatic nitrogens is 1. The summed E-state index contributed by atoms with van der Waals surface area (Å²) < 4.78 is 0. The summed E-state index contributed by atoms with van der Waals surface area (Å²) >= 11 is 1.96. The molecule has 1 N–H and O–H groups in total. The molecule has 1 aromatic heterocycles. The van der Waals surface area contributed by atoms with Gasteiger partial charge in [-0.05, 0) is 36.4 Å². The maximum Gasteiger partial charge on any atom is 0.0782 e. The Morgan fingerprint density at radius 1 is 1.19 bits per heavy atom. The molecule has 1 aliphatic rings. The minimum atomic E-state index is 0.128. The number of hydrogen-bond acceptors (Lipinski definition) is 4. The summed E-state index contributed by atoms with van der Waals surface area (Å²) in [6.07, 6.45) is 4.48. The number of nitrogens with zero attached hydrogens (tertiary/aromatic N) is 2. The molecular formula is C17H21N3S. The highest BCUT2D eigenvalue weighted by Crippen LogP contribution is 2.21. The summed E-state index contributed by atoms with van der Waals surface area (Å²) in [4.78, 5) is 8.19. The second kappa shape index (κ2) is 9.32. The third kappa shape index (κ3) is 5.69. The zero-order valence-corrected chi connectivity index (χ0v) is 12.9. The zero-order valence-electron chi connectivity index (χ0n) is 12.1. The van der Waals surface area contributed by atoms with Gasteiger partial charge >= 0.3 is 0 Å². The quantitative estimate of drug-likeness (QED) is 0.880. The van der Waals surface area contributed by atoms with E-state index in [-0.39, 0.29) is 6.04 Å². The molecule has 0 spiro atoms. The van der Waals surface area contributed by atoms with Crippen LogP contribution in [0.2, 0.25) is 0 Å². The Labute approximate surface area is 130 Å². The van der Waals surface area contributed by atoms with E-state index in [4.69, 9.17) is 0 Å². The predicted molar refractivity (Wildman–Crippen MR) is 92.0 cm³/mol. The van der Waals surface area contributed by atoms with Crippen molar-refractivity contribution in [1.29, 1.82) is 0 Å². The Morgan fingerprint density at radius 3 is 2.48 bits per heavy atom. The molecule has 3 nitrogen and oxygen atoms in total. The van der Waals surface area contributed by atoms with Crippen molar-refractivity contribution in [3.05, 3.63) is 66.0 Å². The van der Waals surface area contributed by atoms with Gasteiger partial charge in [0.1, 0.15) is 0 Å². The molecule has 1 saturated heterocycles. The monoisotopic (exact) mass is 299 g/mol. The first-order chi connectivity index (χ1) is 10.4. The third-order valence-electron chi connectivity index (χ3n) is 3.21. The van der Waals surface area contributed by atoms with Crippen LogP contribution in [0.3, 0.4) is 0 Å². The summed E-state index contributed by atoms with van der Waals surface area (Å²) in [5, 5.41) is 3.19. The highest BCUT2D eigenvalue weighted by atomic mass is 32.2. The van der Waals surface area contributed by atoms with Gasteiger partial charge < -0.3 is 5.32 Å². The number of aliphatic imine (C=N–C) groups is 1. The fourth-order valence-electron chi connectivity index (χ4n) is 2.07. The van der Waals surface area contributed by atoms with Crippen LogP contribution in [-0.2, 0) is 6.42 Å². The normalized spacial score (nSPS) is 14.9. The van der Waals surface area contributed by atoms with Crippen molar-refractivity contribution >= 4 is 18.5 Å². The van der Waals surface area contributed by atoms with Crippen LogP contribution < -0.4 is 5.32 Å². The van der Waals surface area contributed by atoms with Crippen LogP contribution in [0.4, 0.5) is 0 Å². The van der Waals surface area contributed by atoms with Crippen LogP contribution in [0.5, 0.6) is 0 Å². The summed E-state index contributed by atoms with van der Waals surface area (Å²) in [5.74, 6) is 2.47. The van der Waals surface area contributed by atoms with Gasteiger partial charge in [0, 0.05) is 30.6 Å². The SMILES string of the molecule is C1CSCN1.C=NC(Cc1ccncc1)c1ccccc1. The van der Waals surface area contributed by atoms with E-state index >= 15 is 0 Å². The molecule has 1 fully saturated rings. The van der Waals surface area contributed by atoms with Crippen molar-refractivity contribution in [2.24, 2.45) is 4.99 Å². The van der Waals surface area contributed by atoms with Gasteiger partial charge in [0.25, 0.3) is 0 Å². The summed E-state index contributed by atoms with van der Waals surface area (Å²) in [7, 11) is 0. The summed E-state index contributed by atoms with van der Waals surface area (Å²) in [6.45, 7) is 4.88. The van der Waals surface area contributed by atoms with Crippen LogP contribution in [0.1, 0.15) is 17.2 Å². The van der Waals surface area contributed by atoms with Crippen molar-refractivity contribution in [1.82, 2.24) is 10.3 Å². The smallest absolute Gasteiger partial charge is 0.0782 e. The lowest BCUT2D eigenvalue weighted by Gasteiger charge is -2.11. The number of hydrogen-bond donors (Lipinski definition) is 1. The second-order valence-corrected chi connectivity index (χ2v) is 5.83. The Morgan fingerprint density at radius 2 is 1.95 bits per heavy atom. The first-order valence-corrected chi connectivity index (χ1v) is 8.24. The van der Waals surface area contributed by atoms with Crippen LogP contribution in [0.25, 0.3) is 0 Å². The number of benzene rings is 1. The van der Waals surface area contributed by atoms with Crippen molar-refractivity contribution in [3.8, 4) is 0 Å². The molecule has 4 heteroatoms. The highest BCUT2D eigenvalue weighted by molar-refractivity contribution is 7.99. The fraction of sp³-hybridized carbons (Fsp3) is 0.294. The maximum atomic E-state index is 4.18. The highest BCUT2D eigenvalue weighted by Gasteiger charge is 2.08. The summed E-state index contributed by atoms with van der Waals surface area (Å²) in [5.41, 5.74) is 2.44. The van der Waals surface area contributed by atoms with Gasteiger partial charge in [-0.2, -0.15) is 0 Å². The molecule has 1 unspecified atom stereocenters. The fourth-order valence-corrected chi connectivity index (χ4v) is 2.79. The average molecular weight is 299 g/mol. The molecule has 2 heterocycles. The molecule has 0 amide bonds. The Bertz CT molecular complexity index is 504. The predicted octanol–water partition coefficient (Wildman–Crippen LogP) is 3.35. The molecule has 0 saturated carbocycles. The summed E-state index contributed by atoms with van der Waals surface area (Å²) in [6, 6.07) is 14.4. The van der Waals surface area contributed by atoms with Gasteiger partial charge in [0.05, 0.1) is 6.04 Å². The van der Waals surface area contributed by atoms with E-state index in [2.05, 4.69) is 34.1 Å². The largest absolute Gasteiger partial charge is 0.307 e. The van der Waals surface area contributed by atoms with Gasteiger partial charge in [-0.1, -0.05) is 30.3 Å². The molecule has 0 radical (unpaired) electrons. The van der Waals surface area contributed by atoms with E-state index < -0.39 is 0 Å². The number of thioether (sulfide) groups is 1. The van der Waals surface area contributed by atoms with Crippen LogP contribution in [0.15, 0.2) is 59.9 Å². The van der Waals surface area contributed by atoms with Gasteiger partial charge in [0.15, 0.2) is 0 Å². The lowest BCUT2D eigenvalue weighted by atomic mass is 10.0. The molecule has 110 valence electrons. The van der Waals surface area contributed by atoms with Gasteiger partial charge in [0.2, 0.25) is 0 Å². The number of pyridine rings is 1. The lowest BCUT2D eigenvalue weighted by Crippen LogP contribution is -2.04. The molecule has 0 aliphatic carbocycles. The van der Waals surface area contributed by atoms with Crippen LogP contribution in [0, 0.1) is 0 Å². The van der Waals surface area contributed by atoms with Crippen molar-refractivity contribution < 1.29 is 0 Å². The van der Waals surface area contributed by atoms with E-state index in [1.54, 1.807) is 12.4 Å². The molecule has 1 atom stereocenters. The molecule has 1 aliphatic heterocycles. The van der Waals surface area contributed by atoms with E-state index in [0.717, 1.165) is 6.42 Å². The van der Waals surface area contributed by atoms with E-state index in [9.17, 15) is 0 Å². The minimum absolute atomic E-state index is 0.128. The molecule has 2 aromatic rings. The molecule has 0 bridgehead atoms. The minimum Gasteiger partial charge on any atom is -0.307 e. The van der Waals surface area contributed by atoms with E-state index in [0.29, 0.717) is 0 Å². The van der Waals surface area contributed by atoms with Gasteiger partial charge in [-0.25, -0.2) is 0 Å².